The van der Waals surface area contributed by atoms with Gasteiger partial charge >= 0.3 is 0 Å². The molecule has 0 radical (unpaired) electrons. The molecule has 3 rings (SSSR count). The van der Waals surface area contributed by atoms with Gasteiger partial charge in [-0.2, -0.15) is 4.58 Å². The van der Waals surface area contributed by atoms with Crippen molar-refractivity contribution < 1.29 is 4.58 Å². The van der Waals surface area contributed by atoms with Crippen LogP contribution in [0.25, 0.3) is 6.08 Å². The zero-order valence-corrected chi connectivity index (χ0v) is 17.1. The van der Waals surface area contributed by atoms with Gasteiger partial charge in [-0.1, -0.05) is 36.4 Å². The second kappa shape index (κ2) is 7.96. The minimum atomic E-state index is -0.0692. The van der Waals surface area contributed by atoms with Crippen LogP contribution in [-0.4, -0.2) is 30.4 Å². The summed E-state index contributed by atoms with van der Waals surface area (Å²) in [6.45, 7) is 12.9. The van der Waals surface area contributed by atoms with Gasteiger partial charge in [0.1, 0.15) is 7.05 Å². The summed E-state index contributed by atoms with van der Waals surface area (Å²) in [6, 6.07) is 17.4. The van der Waals surface area contributed by atoms with Crippen molar-refractivity contribution in [1.82, 2.24) is 0 Å². The zero-order valence-electron chi connectivity index (χ0n) is 17.1. The molecule has 0 spiro atoms. The van der Waals surface area contributed by atoms with Crippen LogP contribution in [0.1, 0.15) is 38.3 Å². The predicted molar refractivity (Wildman–Crippen MR) is 118 cm³/mol. The third-order valence-electron chi connectivity index (χ3n) is 5.78. The first kappa shape index (κ1) is 19.2. The van der Waals surface area contributed by atoms with Crippen molar-refractivity contribution in [2.45, 2.75) is 32.6 Å². The predicted octanol–water partition coefficient (Wildman–Crippen LogP) is 5.81. The summed E-state index contributed by atoms with van der Waals surface area (Å²) in [4.78, 5) is 2.41. The lowest BCUT2D eigenvalue weighted by Crippen LogP contribution is -2.30. The van der Waals surface area contributed by atoms with E-state index in [0.717, 1.165) is 19.5 Å². The van der Waals surface area contributed by atoms with Crippen LogP contribution in [0.3, 0.4) is 0 Å². The molecule has 0 amide bonds. The van der Waals surface area contributed by atoms with Gasteiger partial charge in [-0.25, -0.2) is 0 Å². The number of fused-ring (bicyclic) bond motifs is 1. The highest BCUT2D eigenvalue weighted by atomic mass is 15.1. The van der Waals surface area contributed by atoms with Crippen molar-refractivity contribution in [3.8, 4) is 0 Å². The Kier molecular flexibility index (Phi) is 5.65. The molecule has 1 unspecified atom stereocenters. The van der Waals surface area contributed by atoms with E-state index in [1.165, 1.54) is 28.2 Å². The number of hydrogen-bond acceptors (Lipinski definition) is 1. The zero-order chi connectivity index (χ0) is 19.4. The first-order valence-corrected chi connectivity index (χ1v) is 9.89. The molecule has 27 heavy (non-hydrogen) atoms. The smallest absolute Gasteiger partial charge is 0.209 e. The molecule has 0 saturated heterocycles. The second-order valence-electron chi connectivity index (χ2n) is 7.39. The van der Waals surface area contributed by atoms with Gasteiger partial charge in [0.2, 0.25) is 5.69 Å². The van der Waals surface area contributed by atoms with Gasteiger partial charge in [-0.05, 0) is 51.0 Å². The Balaban J connectivity index is 2.07. The quantitative estimate of drug-likeness (QED) is 0.447. The summed E-state index contributed by atoms with van der Waals surface area (Å²) in [6.07, 6.45) is 7.45. The number of allylic oxidation sites excluding steroid dienone is 2. The van der Waals surface area contributed by atoms with Gasteiger partial charge in [-0.15, -0.1) is 6.58 Å². The van der Waals surface area contributed by atoms with Crippen LogP contribution >= 0.6 is 0 Å². The van der Waals surface area contributed by atoms with Crippen molar-refractivity contribution in [2.24, 2.45) is 0 Å². The van der Waals surface area contributed by atoms with Crippen molar-refractivity contribution in [3.05, 3.63) is 78.4 Å². The van der Waals surface area contributed by atoms with Crippen LogP contribution in [0.4, 0.5) is 11.4 Å². The lowest BCUT2D eigenvalue weighted by molar-refractivity contribution is -0.401. The van der Waals surface area contributed by atoms with E-state index in [1.807, 2.05) is 6.08 Å². The van der Waals surface area contributed by atoms with E-state index >= 15 is 0 Å². The Morgan fingerprint density at radius 3 is 2.37 bits per heavy atom. The number of rotatable bonds is 7. The lowest BCUT2D eigenvalue weighted by Gasteiger charge is -2.24. The Morgan fingerprint density at radius 1 is 1.04 bits per heavy atom. The molecule has 1 heterocycles. The maximum atomic E-state index is 4.04. The molecule has 2 heteroatoms. The summed E-state index contributed by atoms with van der Waals surface area (Å²) in [7, 11) is 2.18. The molecule has 0 aliphatic carbocycles. The van der Waals surface area contributed by atoms with Crippen LogP contribution in [0.2, 0.25) is 0 Å². The van der Waals surface area contributed by atoms with E-state index < -0.39 is 0 Å². The van der Waals surface area contributed by atoms with Crippen LogP contribution in [-0.2, 0) is 5.41 Å². The maximum Gasteiger partial charge on any atom is 0.209 e. The minimum absolute atomic E-state index is 0.0692. The standard InChI is InChI=1S/C25H31N2/c1-6-18-25(4)22-19-21(27(7-2)8-3)15-16-23(22)26(5)24(25)17-14-20-12-10-9-11-13-20/h6,9-17,19H,1,7-8,18H2,2-5H3/q+1. The molecule has 1 atom stereocenters. The molecule has 2 aromatic carbocycles. The molecule has 0 aromatic heterocycles. The van der Waals surface area contributed by atoms with E-state index in [9.17, 15) is 0 Å². The summed E-state index contributed by atoms with van der Waals surface area (Å²) >= 11 is 0. The molecule has 0 saturated carbocycles. The Morgan fingerprint density at radius 2 is 1.74 bits per heavy atom. The lowest BCUT2D eigenvalue weighted by atomic mass is 9.76. The third-order valence-corrected chi connectivity index (χ3v) is 5.78. The highest BCUT2D eigenvalue weighted by Crippen LogP contribution is 2.44. The Labute approximate surface area is 164 Å². The normalized spacial score (nSPS) is 18.8. The topological polar surface area (TPSA) is 6.25 Å². The molecule has 0 bridgehead atoms. The minimum Gasteiger partial charge on any atom is -0.372 e. The summed E-state index contributed by atoms with van der Waals surface area (Å²) in [5.74, 6) is 0. The molecule has 1 aliphatic rings. The van der Waals surface area contributed by atoms with Crippen LogP contribution in [0.15, 0.2) is 67.3 Å². The fraction of sp³-hybridized carbons (Fsp3) is 0.320. The van der Waals surface area contributed by atoms with Gasteiger partial charge in [0.25, 0.3) is 0 Å². The summed E-state index contributed by atoms with van der Waals surface area (Å²) < 4.78 is 2.34. The molecule has 1 aliphatic heterocycles. The Hall–Kier alpha value is -2.61. The van der Waals surface area contributed by atoms with Crippen molar-refractivity contribution >= 4 is 23.2 Å². The van der Waals surface area contributed by atoms with Crippen LogP contribution in [0, 0.1) is 0 Å². The number of anilines is 1. The average molecular weight is 360 g/mol. The number of nitrogens with zero attached hydrogens (tertiary/aromatic N) is 2. The molecule has 140 valence electrons. The fourth-order valence-electron chi connectivity index (χ4n) is 4.22. The highest BCUT2D eigenvalue weighted by Gasteiger charge is 2.45. The van der Waals surface area contributed by atoms with Crippen molar-refractivity contribution in [3.63, 3.8) is 0 Å². The summed E-state index contributed by atoms with van der Waals surface area (Å²) in [5.41, 5.74) is 6.46. The van der Waals surface area contributed by atoms with Gasteiger partial charge < -0.3 is 4.90 Å². The SMILES string of the molecule is C=CCC1(C)C(C=Cc2ccccc2)=[N+](C)c2ccc(N(CC)CC)cc21. The maximum absolute atomic E-state index is 4.04. The fourth-order valence-corrected chi connectivity index (χ4v) is 4.22. The van der Waals surface area contributed by atoms with Crippen LogP contribution in [0.5, 0.6) is 0 Å². The summed E-state index contributed by atoms with van der Waals surface area (Å²) in [5, 5.41) is 0. The van der Waals surface area contributed by atoms with E-state index in [-0.39, 0.29) is 5.41 Å². The van der Waals surface area contributed by atoms with Crippen molar-refractivity contribution in [2.75, 3.05) is 25.0 Å². The van der Waals surface area contributed by atoms with E-state index in [4.69, 9.17) is 0 Å². The largest absolute Gasteiger partial charge is 0.372 e. The molecule has 2 aromatic rings. The number of hydrogen-bond donors (Lipinski definition) is 0. The first-order chi connectivity index (χ1) is 13.0. The molecular weight excluding hydrogens is 328 g/mol. The highest BCUT2D eigenvalue weighted by molar-refractivity contribution is 6.06. The van der Waals surface area contributed by atoms with Gasteiger partial charge in [-0.3, -0.25) is 0 Å². The van der Waals surface area contributed by atoms with Gasteiger partial charge in [0, 0.05) is 36.5 Å². The molecule has 2 nitrogen and oxygen atoms in total. The average Bonchev–Trinajstić information content (AvgIpc) is 2.89. The third kappa shape index (κ3) is 3.49. The van der Waals surface area contributed by atoms with Crippen LogP contribution < -0.4 is 4.90 Å². The van der Waals surface area contributed by atoms with E-state index in [1.54, 1.807) is 0 Å². The monoisotopic (exact) mass is 359 g/mol. The van der Waals surface area contributed by atoms with E-state index in [0.29, 0.717) is 0 Å². The first-order valence-electron chi connectivity index (χ1n) is 9.89. The van der Waals surface area contributed by atoms with Gasteiger partial charge in [0.05, 0.1) is 5.41 Å². The molecule has 0 N–H and O–H groups in total. The van der Waals surface area contributed by atoms with Gasteiger partial charge in [0.15, 0.2) is 5.71 Å². The molecule has 0 fully saturated rings. The second-order valence-corrected chi connectivity index (χ2v) is 7.39. The number of benzene rings is 2. The Bertz CT molecular complexity index is 872. The van der Waals surface area contributed by atoms with E-state index in [2.05, 4.69) is 105 Å². The van der Waals surface area contributed by atoms with Crippen molar-refractivity contribution in [1.29, 1.82) is 0 Å². The molecular formula is C25H31N2+.